The first-order chi connectivity index (χ1) is 6.56. The molecule has 0 aromatic heterocycles. The van der Waals surface area contributed by atoms with Gasteiger partial charge in [-0.25, -0.2) is 4.39 Å². The third-order valence-electron chi connectivity index (χ3n) is 1.85. The number of carboxylic acid groups (broad SMARTS) is 1. The van der Waals surface area contributed by atoms with Crippen molar-refractivity contribution in [1.29, 1.82) is 0 Å². The minimum Gasteiger partial charge on any atom is -0.480 e. The molecule has 1 aromatic carbocycles. The van der Waals surface area contributed by atoms with Crippen molar-refractivity contribution in [2.45, 2.75) is 12.7 Å². The van der Waals surface area contributed by atoms with Crippen LogP contribution in [0.2, 0.25) is 0 Å². The zero-order chi connectivity index (χ0) is 10.7. The Balaban J connectivity index is 3.02. The number of carboxylic acids is 1. The minimum absolute atomic E-state index is 0.446. The lowest BCUT2D eigenvalue weighted by Gasteiger charge is -2.08. The van der Waals surface area contributed by atoms with Crippen LogP contribution in [-0.4, -0.2) is 11.1 Å². The fourth-order valence-corrected chi connectivity index (χ4v) is 1.51. The number of hydrogen-bond acceptors (Lipinski definition) is 2. The Hall–Kier alpha value is -0.940. The number of alkyl halides is 1. The highest BCUT2D eigenvalue weighted by atomic mass is 79.9. The van der Waals surface area contributed by atoms with Crippen molar-refractivity contribution in [2.24, 2.45) is 5.73 Å². The van der Waals surface area contributed by atoms with Gasteiger partial charge in [0.15, 0.2) is 0 Å². The average molecular weight is 262 g/mol. The zero-order valence-corrected chi connectivity index (χ0v) is 8.79. The Labute approximate surface area is 88.9 Å². The molecule has 76 valence electrons. The van der Waals surface area contributed by atoms with E-state index in [0.29, 0.717) is 15.6 Å². The molecule has 0 saturated carbocycles. The number of rotatable bonds is 3. The second-order valence-electron chi connectivity index (χ2n) is 2.80. The molecule has 0 bridgehead atoms. The molecular formula is C9H9BrFNO2. The minimum atomic E-state index is -1.11. The van der Waals surface area contributed by atoms with E-state index in [2.05, 4.69) is 15.9 Å². The van der Waals surface area contributed by atoms with Gasteiger partial charge in [0, 0.05) is 4.47 Å². The van der Waals surface area contributed by atoms with Crippen LogP contribution < -0.4 is 5.73 Å². The van der Waals surface area contributed by atoms with E-state index >= 15 is 0 Å². The molecule has 0 aliphatic carbocycles. The van der Waals surface area contributed by atoms with Gasteiger partial charge in [-0.15, -0.1) is 0 Å². The first-order valence-corrected chi connectivity index (χ1v) is 4.68. The van der Waals surface area contributed by atoms with Crippen LogP contribution in [0.25, 0.3) is 0 Å². The largest absolute Gasteiger partial charge is 0.480 e. The number of benzene rings is 1. The molecule has 0 heterocycles. The van der Waals surface area contributed by atoms with Gasteiger partial charge >= 0.3 is 5.97 Å². The van der Waals surface area contributed by atoms with Gasteiger partial charge in [-0.1, -0.05) is 28.1 Å². The normalized spacial score (nSPS) is 12.5. The van der Waals surface area contributed by atoms with Crippen molar-refractivity contribution >= 4 is 21.9 Å². The van der Waals surface area contributed by atoms with Crippen LogP contribution in [-0.2, 0) is 11.5 Å². The van der Waals surface area contributed by atoms with Gasteiger partial charge in [-0.3, -0.25) is 4.79 Å². The van der Waals surface area contributed by atoms with E-state index in [1.54, 1.807) is 0 Å². The third-order valence-corrected chi connectivity index (χ3v) is 2.58. The predicted molar refractivity (Wildman–Crippen MR) is 53.5 cm³/mol. The van der Waals surface area contributed by atoms with Crippen LogP contribution in [0, 0.1) is 0 Å². The van der Waals surface area contributed by atoms with Gasteiger partial charge in [0.25, 0.3) is 0 Å². The molecule has 0 fully saturated rings. The Morgan fingerprint density at radius 2 is 2.29 bits per heavy atom. The topological polar surface area (TPSA) is 63.3 Å². The molecule has 0 spiro atoms. The van der Waals surface area contributed by atoms with Gasteiger partial charge in [-0.2, -0.15) is 0 Å². The van der Waals surface area contributed by atoms with Gasteiger partial charge < -0.3 is 10.8 Å². The molecule has 3 N–H and O–H groups in total. The molecule has 3 nitrogen and oxygen atoms in total. The van der Waals surface area contributed by atoms with Gasteiger partial charge in [0.05, 0.1) is 0 Å². The predicted octanol–water partition coefficient (Wildman–Crippen LogP) is 2.00. The van der Waals surface area contributed by atoms with Crippen LogP contribution in [0.15, 0.2) is 22.7 Å². The molecule has 0 aliphatic heterocycles. The molecule has 0 saturated heterocycles. The smallest absolute Gasteiger partial charge is 0.325 e. The van der Waals surface area contributed by atoms with Crippen LogP contribution >= 0.6 is 15.9 Å². The maximum atomic E-state index is 12.3. The van der Waals surface area contributed by atoms with Crippen molar-refractivity contribution in [3.8, 4) is 0 Å². The monoisotopic (exact) mass is 261 g/mol. The van der Waals surface area contributed by atoms with Crippen LogP contribution in [0.4, 0.5) is 4.39 Å². The highest BCUT2D eigenvalue weighted by Crippen LogP contribution is 2.22. The molecule has 1 unspecified atom stereocenters. The van der Waals surface area contributed by atoms with Crippen molar-refractivity contribution in [3.05, 3.63) is 33.8 Å². The summed E-state index contributed by atoms with van der Waals surface area (Å²) in [6, 6.07) is 3.48. The van der Waals surface area contributed by atoms with Gasteiger partial charge in [-0.05, 0) is 17.2 Å². The summed E-state index contributed by atoms with van der Waals surface area (Å²) in [7, 11) is 0. The molecule has 14 heavy (non-hydrogen) atoms. The molecule has 1 aromatic rings. The maximum absolute atomic E-state index is 12.3. The van der Waals surface area contributed by atoms with E-state index < -0.39 is 18.7 Å². The van der Waals surface area contributed by atoms with Crippen LogP contribution in [0.1, 0.15) is 17.2 Å². The molecule has 1 atom stereocenters. The Bertz CT molecular complexity index is 357. The summed E-state index contributed by atoms with van der Waals surface area (Å²) in [4.78, 5) is 10.6. The Morgan fingerprint density at radius 3 is 2.71 bits per heavy atom. The Kier molecular flexibility index (Phi) is 3.60. The summed E-state index contributed by atoms with van der Waals surface area (Å²) in [5.74, 6) is -1.11. The van der Waals surface area contributed by atoms with Crippen molar-refractivity contribution in [3.63, 3.8) is 0 Å². The second kappa shape index (κ2) is 4.52. The van der Waals surface area contributed by atoms with Crippen LogP contribution in [0.3, 0.4) is 0 Å². The summed E-state index contributed by atoms with van der Waals surface area (Å²) >= 11 is 3.14. The number of hydrogen-bond donors (Lipinski definition) is 2. The number of nitrogens with two attached hydrogens (primary N) is 1. The highest BCUT2D eigenvalue weighted by molar-refractivity contribution is 9.10. The lowest BCUT2D eigenvalue weighted by atomic mass is 10.1. The molecule has 5 heteroatoms. The van der Waals surface area contributed by atoms with Gasteiger partial charge in [0.2, 0.25) is 0 Å². The SMILES string of the molecule is NC(C(=O)O)c1ccc(CF)c(Br)c1. The van der Waals surface area contributed by atoms with E-state index in [1.807, 2.05) is 0 Å². The first kappa shape index (κ1) is 11.1. The molecule has 1 rings (SSSR count). The summed E-state index contributed by atoms with van der Waals surface area (Å²) in [6.07, 6.45) is 0. The molecule has 0 aliphatic rings. The van der Waals surface area contributed by atoms with Gasteiger partial charge in [0.1, 0.15) is 12.7 Å². The third kappa shape index (κ3) is 2.30. The van der Waals surface area contributed by atoms with Crippen LogP contribution in [0.5, 0.6) is 0 Å². The average Bonchev–Trinajstić information content (AvgIpc) is 2.16. The summed E-state index contributed by atoms with van der Waals surface area (Å²) < 4.78 is 12.8. The van der Waals surface area contributed by atoms with E-state index in [9.17, 15) is 9.18 Å². The summed E-state index contributed by atoms with van der Waals surface area (Å²) in [5.41, 5.74) is 6.31. The van der Waals surface area contributed by atoms with E-state index in [1.165, 1.54) is 18.2 Å². The number of aliphatic carboxylic acids is 1. The fourth-order valence-electron chi connectivity index (χ4n) is 1.01. The van der Waals surface area contributed by atoms with Crippen molar-refractivity contribution in [1.82, 2.24) is 0 Å². The van der Waals surface area contributed by atoms with E-state index in [4.69, 9.17) is 10.8 Å². The quantitative estimate of drug-likeness (QED) is 0.875. The van der Waals surface area contributed by atoms with E-state index in [0.717, 1.165) is 0 Å². The molecular weight excluding hydrogens is 253 g/mol. The Morgan fingerprint density at radius 1 is 1.64 bits per heavy atom. The first-order valence-electron chi connectivity index (χ1n) is 3.89. The number of halogens is 2. The van der Waals surface area contributed by atoms with E-state index in [-0.39, 0.29) is 0 Å². The summed E-state index contributed by atoms with van der Waals surface area (Å²) in [6.45, 7) is -0.594. The number of carbonyl (C=O) groups is 1. The standard InChI is InChI=1S/C9H9BrFNO2/c10-7-3-5(8(12)9(13)14)1-2-6(7)4-11/h1-3,8H,4,12H2,(H,13,14). The lowest BCUT2D eigenvalue weighted by molar-refractivity contribution is -0.138. The second-order valence-corrected chi connectivity index (χ2v) is 3.65. The van der Waals surface area contributed by atoms with Crippen molar-refractivity contribution < 1.29 is 14.3 Å². The van der Waals surface area contributed by atoms with Crippen molar-refractivity contribution in [2.75, 3.05) is 0 Å². The fraction of sp³-hybridized carbons (Fsp3) is 0.222. The zero-order valence-electron chi connectivity index (χ0n) is 7.21. The summed E-state index contributed by atoms with van der Waals surface area (Å²) in [5, 5.41) is 8.64. The highest BCUT2D eigenvalue weighted by Gasteiger charge is 2.14. The molecule has 0 amide bonds. The molecule has 0 radical (unpaired) electrons. The maximum Gasteiger partial charge on any atom is 0.325 e. The lowest BCUT2D eigenvalue weighted by Crippen LogP contribution is -2.20.